The highest BCUT2D eigenvalue weighted by Gasteiger charge is 2.34. The van der Waals surface area contributed by atoms with Gasteiger partial charge < -0.3 is 10.1 Å². The summed E-state index contributed by atoms with van der Waals surface area (Å²) < 4.78 is 46.8. The molecule has 3 aromatic carbocycles. The number of nitrogens with one attached hydrogen (secondary N) is 1. The lowest BCUT2D eigenvalue weighted by Gasteiger charge is -2.34. The van der Waals surface area contributed by atoms with Crippen molar-refractivity contribution in [1.29, 1.82) is 0 Å². The molecule has 198 valence electrons. The topological polar surface area (TPSA) is 24.5 Å². The summed E-state index contributed by atoms with van der Waals surface area (Å²) in [7, 11) is 0. The minimum Gasteiger partial charge on any atom is -0.377 e. The normalized spacial score (nSPS) is 17.0. The molecule has 3 aromatic rings. The molecular weight excluding hydrogens is 497 g/mol. The molecule has 1 unspecified atom stereocenters. The van der Waals surface area contributed by atoms with Gasteiger partial charge in [0.1, 0.15) is 0 Å². The van der Waals surface area contributed by atoms with Gasteiger partial charge in [-0.3, -0.25) is 4.90 Å². The van der Waals surface area contributed by atoms with Crippen molar-refractivity contribution in [3.63, 3.8) is 0 Å². The second kappa shape index (κ2) is 12.9. The molecule has 7 heteroatoms. The van der Waals surface area contributed by atoms with Gasteiger partial charge in [0.05, 0.1) is 16.7 Å². The smallest absolute Gasteiger partial charge is 0.377 e. The first-order chi connectivity index (χ1) is 17.8. The molecule has 0 bridgehead atoms. The zero-order valence-corrected chi connectivity index (χ0v) is 21.8. The Balaban J connectivity index is 1.60. The number of alkyl halides is 3. The zero-order chi connectivity index (χ0) is 26.3. The third-order valence-electron chi connectivity index (χ3n) is 7.11. The van der Waals surface area contributed by atoms with Crippen molar-refractivity contribution in [2.45, 2.75) is 50.6 Å². The summed E-state index contributed by atoms with van der Waals surface area (Å²) in [5.74, 6) is 0.0503. The molecule has 0 radical (unpaired) electrons. The molecular formula is C30H34ClF3N2O. The Morgan fingerprint density at radius 1 is 0.973 bits per heavy atom. The average Bonchev–Trinajstić information content (AvgIpc) is 3.41. The Morgan fingerprint density at radius 3 is 2.19 bits per heavy atom. The van der Waals surface area contributed by atoms with Gasteiger partial charge in [-0.15, -0.1) is 0 Å². The van der Waals surface area contributed by atoms with Gasteiger partial charge in [0.15, 0.2) is 0 Å². The fourth-order valence-electron chi connectivity index (χ4n) is 4.91. The van der Waals surface area contributed by atoms with Gasteiger partial charge in [-0.1, -0.05) is 84.4 Å². The number of halogens is 4. The van der Waals surface area contributed by atoms with Crippen LogP contribution in [0, 0.1) is 0 Å². The van der Waals surface area contributed by atoms with Crippen LogP contribution in [-0.2, 0) is 17.5 Å². The molecule has 0 saturated carbocycles. The molecule has 1 aliphatic rings. The van der Waals surface area contributed by atoms with Crippen LogP contribution in [0.2, 0.25) is 5.02 Å². The van der Waals surface area contributed by atoms with Crippen LogP contribution < -0.4 is 5.32 Å². The minimum atomic E-state index is -4.50. The highest BCUT2D eigenvalue weighted by molar-refractivity contribution is 6.32. The quantitative estimate of drug-likeness (QED) is 0.285. The monoisotopic (exact) mass is 530 g/mol. The summed E-state index contributed by atoms with van der Waals surface area (Å²) in [5.41, 5.74) is 2.01. The number of rotatable bonds is 11. The second-order valence-corrected chi connectivity index (χ2v) is 10.1. The highest BCUT2D eigenvalue weighted by Crippen LogP contribution is 2.37. The van der Waals surface area contributed by atoms with E-state index in [0.29, 0.717) is 25.3 Å². The third-order valence-corrected chi connectivity index (χ3v) is 7.55. The highest BCUT2D eigenvalue weighted by atomic mass is 35.5. The van der Waals surface area contributed by atoms with Crippen molar-refractivity contribution in [3.05, 3.63) is 106 Å². The van der Waals surface area contributed by atoms with Crippen LogP contribution in [0.15, 0.2) is 78.9 Å². The Bertz CT molecular complexity index is 1070. The molecule has 4 rings (SSSR count). The van der Waals surface area contributed by atoms with Crippen LogP contribution in [0.1, 0.15) is 47.9 Å². The number of hydrogen-bond acceptors (Lipinski definition) is 3. The van der Waals surface area contributed by atoms with Crippen LogP contribution in [-0.4, -0.2) is 43.3 Å². The van der Waals surface area contributed by atoms with Crippen molar-refractivity contribution >= 4 is 11.6 Å². The number of hydrogen-bond donors (Lipinski definition) is 1. The summed E-state index contributed by atoms with van der Waals surface area (Å²) in [6.45, 7) is 5.49. The molecule has 1 aliphatic heterocycles. The van der Waals surface area contributed by atoms with Crippen LogP contribution in [0.4, 0.5) is 13.2 Å². The van der Waals surface area contributed by atoms with Crippen molar-refractivity contribution in [2.75, 3.05) is 26.2 Å². The Hall–Kier alpha value is -2.38. The molecule has 0 amide bonds. The maximum Gasteiger partial charge on any atom is 0.417 e. The lowest BCUT2D eigenvalue weighted by atomic mass is 9.90. The first-order valence-electron chi connectivity index (χ1n) is 12.8. The van der Waals surface area contributed by atoms with Crippen molar-refractivity contribution < 1.29 is 17.9 Å². The van der Waals surface area contributed by atoms with Gasteiger partial charge in [0.2, 0.25) is 0 Å². The molecule has 37 heavy (non-hydrogen) atoms. The summed E-state index contributed by atoms with van der Waals surface area (Å²) in [6.07, 6.45) is -2.51. The van der Waals surface area contributed by atoms with E-state index in [2.05, 4.69) is 41.4 Å². The minimum absolute atomic E-state index is 0.0503. The van der Waals surface area contributed by atoms with Gasteiger partial charge in [-0.25, -0.2) is 0 Å². The molecule has 1 saturated heterocycles. The lowest BCUT2D eigenvalue weighted by molar-refractivity contribution is -0.137. The Morgan fingerprint density at radius 2 is 1.62 bits per heavy atom. The molecule has 1 N–H and O–H groups in total. The van der Waals surface area contributed by atoms with Crippen molar-refractivity contribution in [3.8, 4) is 0 Å². The van der Waals surface area contributed by atoms with Crippen LogP contribution >= 0.6 is 11.6 Å². The van der Waals surface area contributed by atoms with E-state index in [1.165, 1.54) is 6.07 Å². The Labute approximate surface area is 222 Å². The van der Waals surface area contributed by atoms with E-state index < -0.39 is 11.7 Å². The third kappa shape index (κ3) is 7.57. The van der Waals surface area contributed by atoms with E-state index in [0.717, 1.165) is 43.1 Å². The predicted octanol–water partition coefficient (Wildman–Crippen LogP) is 7.15. The van der Waals surface area contributed by atoms with Gasteiger partial charge >= 0.3 is 6.18 Å². The fourth-order valence-corrected chi connectivity index (χ4v) is 5.20. The van der Waals surface area contributed by atoms with E-state index in [1.807, 2.05) is 36.4 Å². The van der Waals surface area contributed by atoms with E-state index in [-0.39, 0.29) is 23.1 Å². The summed E-state index contributed by atoms with van der Waals surface area (Å²) in [4.78, 5) is 2.24. The SMILES string of the molecule is C[C@H](CCOC1CCNC1)N(Cc1cccc(C(F)(F)F)c1Cl)CC(c1ccccc1)c1ccccc1. The van der Waals surface area contributed by atoms with Crippen LogP contribution in [0.5, 0.6) is 0 Å². The molecule has 0 aliphatic carbocycles. The maximum atomic E-state index is 13.6. The zero-order valence-electron chi connectivity index (χ0n) is 21.1. The van der Waals surface area contributed by atoms with Gasteiger partial charge in [0.25, 0.3) is 0 Å². The largest absolute Gasteiger partial charge is 0.417 e. The van der Waals surface area contributed by atoms with Crippen molar-refractivity contribution in [1.82, 2.24) is 10.2 Å². The van der Waals surface area contributed by atoms with Crippen LogP contribution in [0.25, 0.3) is 0 Å². The van der Waals surface area contributed by atoms with E-state index in [4.69, 9.17) is 16.3 Å². The summed E-state index contributed by atoms with van der Waals surface area (Å²) >= 11 is 6.32. The van der Waals surface area contributed by atoms with Gasteiger partial charge in [0, 0.05) is 38.2 Å². The second-order valence-electron chi connectivity index (χ2n) is 9.70. The molecule has 1 heterocycles. The number of ether oxygens (including phenoxy) is 1. The summed E-state index contributed by atoms with van der Waals surface area (Å²) in [6, 6.07) is 24.7. The van der Waals surface area contributed by atoms with Gasteiger partial charge in [-0.2, -0.15) is 13.2 Å². The fraction of sp³-hybridized carbons (Fsp3) is 0.400. The number of benzene rings is 3. The average molecular weight is 531 g/mol. The first-order valence-corrected chi connectivity index (χ1v) is 13.2. The van der Waals surface area contributed by atoms with Crippen molar-refractivity contribution in [2.24, 2.45) is 0 Å². The molecule has 0 aromatic heterocycles. The molecule has 1 fully saturated rings. The standard InChI is InChI=1S/C30H34ClF3N2O/c1-22(16-18-37-26-15-17-35-19-26)36(20-25-13-8-14-28(29(25)31)30(32,33)34)21-27(23-9-4-2-5-10-23)24-11-6-3-7-12-24/h2-14,22,26-27,35H,15-21H2,1H3/t22-,26?/m1/s1. The lowest BCUT2D eigenvalue weighted by Crippen LogP contribution is -2.37. The van der Waals surface area contributed by atoms with E-state index in [9.17, 15) is 13.2 Å². The summed E-state index contributed by atoms with van der Waals surface area (Å²) in [5, 5.41) is 3.08. The van der Waals surface area contributed by atoms with Crippen LogP contribution in [0.3, 0.4) is 0 Å². The van der Waals surface area contributed by atoms with Gasteiger partial charge in [-0.05, 0) is 49.1 Å². The van der Waals surface area contributed by atoms with E-state index >= 15 is 0 Å². The first kappa shape index (κ1) is 27.6. The maximum absolute atomic E-state index is 13.6. The Kier molecular flexibility index (Phi) is 9.65. The number of nitrogens with zero attached hydrogens (tertiary/aromatic N) is 1. The molecule has 3 nitrogen and oxygen atoms in total. The molecule has 2 atom stereocenters. The predicted molar refractivity (Wildman–Crippen MR) is 143 cm³/mol. The molecule has 0 spiro atoms. The van der Waals surface area contributed by atoms with E-state index in [1.54, 1.807) is 6.07 Å².